The molecule has 4 rings (SSSR count). The van der Waals surface area contributed by atoms with Crippen LogP contribution in [0.3, 0.4) is 0 Å². The molecule has 8 nitrogen and oxygen atoms in total. The Balaban J connectivity index is 1.51. The summed E-state index contributed by atoms with van der Waals surface area (Å²) < 4.78 is 11.4. The Labute approximate surface area is 158 Å². The molecule has 1 aromatic carbocycles. The summed E-state index contributed by atoms with van der Waals surface area (Å²) in [5.41, 5.74) is 0.551. The maximum atomic E-state index is 12.7. The maximum absolute atomic E-state index is 12.7. The van der Waals surface area contributed by atoms with Crippen LogP contribution in [0.2, 0.25) is 0 Å². The Morgan fingerprint density at radius 1 is 1.22 bits per heavy atom. The van der Waals surface area contributed by atoms with E-state index < -0.39 is 6.10 Å². The molecule has 2 aromatic rings. The van der Waals surface area contributed by atoms with Crippen LogP contribution in [0.4, 0.5) is 17.5 Å². The number of para-hydroxylation sites is 2. The third-order valence-electron chi connectivity index (χ3n) is 4.63. The van der Waals surface area contributed by atoms with E-state index in [-0.39, 0.29) is 12.5 Å². The highest BCUT2D eigenvalue weighted by Gasteiger charge is 2.28. The van der Waals surface area contributed by atoms with Gasteiger partial charge in [-0.05, 0) is 25.0 Å². The number of benzene rings is 1. The van der Waals surface area contributed by atoms with Crippen molar-refractivity contribution in [2.75, 3.05) is 48.9 Å². The first-order valence-corrected chi connectivity index (χ1v) is 9.10. The summed E-state index contributed by atoms with van der Waals surface area (Å²) >= 11 is 0. The molecule has 0 aliphatic carbocycles. The summed E-state index contributed by atoms with van der Waals surface area (Å²) in [7, 11) is 3.78. The second-order valence-corrected chi connectivity index (χ2v) is 6.85. The van der Waals surface area contributed by atoms with E-state index in [9.17, 15) is 4.79 Å². The molecule has 1 unspecified atom stereocenters. The SMILES string of the molecule is CN(C)c1nc(N2CCCC2)ncc1NC(=O)C1COc2ccccc2O1. The van der Waals surface area contributed by atoms with Crippen LogP contribution in [0.1, 0.15) is 12.8 Å². The van der Waals surface area contributed by atoms with Gasteiger partial charge in [-0.15, -0.1) is 0 Å². The summed E-state index contributed by atoms with van der Waals surface area (Å²) in [6.45, 7) is 2.09. The number of nitrogens with one attached hydrogen (secondary N) is 1. The number of carbonyl (C=O) groups is 1. The first kappa shape index (κ1) is 17.4. The lowest BCUT2D eigenvalue weighted by molar-refractivity contribution is -0.125. The Morgan fingerprint density at radius 3 is 2.70 bits per heavy atom. The lowest BCUT2D eigenvalue weighted by Gasteiger charge is -2.26. The molecule has 1 fully saturated rings. The van der Waals surface area contributed by atoms with E-state index in [0.717, 1.165) is 25.9 Å². The molecule has 2 aliphatic rings. The van der Waals surface area contributed by atoms with Crippen molar-refractivity contribution in [1.82, 2.24) is 9.97 Å². The summed E-state index contributed by atoms with van der Waals surface area (Å²) in [6.07, 6.45) is 3.23. The highest BCUT2D eigenvalue weighted by Crippen LogP contribution is 2.31. The number of ether oxygens (including phenoxy) is 2. The van der Waals surface area contributed by atoms with Gasteiger partial charge in [0, 0.05) is 27.2 Å². The Kier molecular flexibility index (Phi) is 4.70. The third-order valence-corrected chi connectivity index (χ3v) is 4.63. The molecule has 142 valence electrons. The number of nitrogens with zero attached hydrogens (tertiary/aromatic N) is 4. The zero-order valence-corrected chi connectivity index (χ0v) is 15.5. The van der Waals surface area contributed by atoms with Gasteiger partial charge < -0.3 is 24.6 Å². The monoisotopic (exact) mass is 369 g/mol. The second kappa shape index (κ2) is 7.30. The van der Waals surface area contributed by atoms with Gasteiger partial charge in [0.15, 0.2) is 17.3 Å². The smallest absolute Gasteiger partial charge is 0.269 e. The lowest BCUT2D eigenvalue weighted by Crippen LogP contribution is -2.40. The minimum Gasteiger partial charge on any atom is -0.485 e. The molecule has 1 aromatic heterocycles. The molecule has 3 heterocycles. The van der Waals surface area contributed by atoms with Crippen LogP contribution < -0.4 is 24.6 Å². The van der Waals surface area contributed by atoms with E-state index >= 15 is 0 Å². The molecule has 1 amide bonds. The van der Waals surface area contributed by atoms with Crippen LogP contribution >= 0.6 is 0 Å². The molecule has 1 atom stereocenters. The van der Waals surface area contributed by atoms with Crippen molar-refractivity contribution in [2.45, 2.75) is 18.9 Å². The number of rotatable bonds is 4. The van der Waals surface area contributed by atoms with Crippen molar-refractivity contribution in [2.24, 2.45) is 0 Å². The Hall–Kier alpha value is -3.03. The molecule has 0 radical (unpaired) electrons. The summed E-state index contributed by atoms with van der Waals surface area (Å²) in [4.78, 5) is 25.8. The van der Waals surface area contributed by atoms with Crippen LogP contribution in [0.15, 0.2) is 30.5 Å². The van der Waals surface area contributed by atoms with Gasteiger partial charge in [0.05, 0.1) is 6.20 Å². The van der Waals surface area contributed by atoms with Gasteiger partial charge >= 0.3 is 0 Å². The number of anilines is 3. The van der Waals surface area contributed by atoms with Gasteiger partial charge in [0.1, 0.15) is 12.3 Å². The molecule has 0 bridgehead atoms. The first-order valence-electron chi connectivity index (χ1n) is 9.10. The zero-order valence-electron chi connectivity index (χ0n) is 15.5. The van der Waals surface area contributed by atoms with Gasteiger partial charge in [0.25, 0.3) is 5.91 Å². The number of aromatic nitrogens is 2. The van der Waals surface area contributed by atoms with Crippen LogP contribution in [0.25, 0.3) is 0 Å². The quantitative estimate of drug-likeness (QED) is 0.882. The number of fused-ring (bicyclic) bond motifs is 1. The number of hydrogen-bond acceptors (Lipinski definition) is 7. The van der Waals surface area contributed by atoms with Gasteiger partial charge in [-0.25, -0.2) is 4.98 Å². The Bertz CT molecular complexity index is 836. The molecule has 1 saturated heterocycles. The van der Waals surface area contributed by atoms with Crippen molar-refractivity contribution < 1.29 is 14.3 Å². The molecule has 0 spiro atoms. The molecule has 2 aliphatic heterocycles. The molecular formula is C19H23N5O3. The fraction of sp³-hybridized carbons (Fsp3) is 0.421. The van der Waals surface area contributed by atoms with E-state index in [2.05, 4.69) is 20.2 Å². The summed E-state index contributed by atoms with van der Waals surface area (Å²) in [6, 6.07) is 7.31. The van der Waals surface area contributed by atoms with E-state index in [0.29, 0.717) is 29.0 Å². The molecular weight excluding hydrogens is 346 g/mol. The number of hydrogen-bond donors (Lipinski definition) is 1. The van der Waals surface area contributed by atoms with Crippen molar-refractivity contribution >= 4 is 23.4 Å². The maximum Gasteiger partial charge on any atom is 0.269 e. The fourth-order valence-corrected chi connectivity index (χ4v) is 3.22. The van der Waals surface area contributed by atoms with E-state index in [1.807, 2.05) is 37.2 Å². The number of amides is 1. The minimum atomic E-state index is -0.729. The summed E-state index contributed by atoms with van der Waals surface area (Å²) in [5.74, 6) is 2.29. The van der Waals surface area contributed by atoms with Crippen LogP contribution in [-0.2, 0) is 4.79 Å². The lowest BCUT2D eigenvalue weighted by atomic mass is 10.2. The van der Waals surface area contributed by atoms with Crippen molar-refractivity contribution in [1.29, 1.82) is 0 Å². The minimum absolute atomic E-state index is 0.160. The molecule has 0 saturated carbocycles. The predicted octanol–water partition coefficient (Wildman–Crippen LogP) is 1.92. The third kappa shape index (κ3) is 3.60. The summed E-state index contributed by atoms with van der Waals surface area (Å²) in [5, 5.41) is 2.88. The van der Waals surface area contributed by atoms with Gasteiger partial charge in [-0.2, -0.15) is 4.98 Å². The van der Waals surface area contributed by atoms with E-state index in [1.54, 1.807) is 12.3 Å². The van der Waals surface area contributed by atoms with Gasteiger partial charge in [0.2, 0.25) is 12.1 Å². The van der Waals surface area contributed by atoms with Crippen LogP contribution in [0.5, 0.6) is 11.5 Å². The normalized spacial score (nSPS) is 18.3. The van der Waals surface area contributed by atoms with E-state index in [4.69, 9.17) is 9.47 Å². The fourth-order valence-electron chi connectivity index (χ4n) is 3.22. The highest BCUT2D eigenvalue weighted by molar-refractivity contribution is 5.97. The highest BCUT2D eigenvalue weighted by atomic mass is 16.6. The standard InChI is InChI=1S/C19H23N5O3/c1-23(2)17-13(11-20-19(22-17)24-9-5-6-10-24)21-18(25)16-12-26-14-7-3-4-8-15(14)27-16/h3-4,7-8,11,16H,5-6,9-10,12H2,1-2H3,(H,21,25). The molecule has 27 heavy (non-hydrogen) atoms. The largest absolute Gasteiger partial charge is 0.485 e. The number of carbonyl (C=O) groups excluding carboxylic acids is 1. The topological polar surface area (TPSA) is 79.8 Å². The second-order valence-electron chi connectivity index (χ2n) is 6.85. The predicted molar refractivity (Wildman–Crippen MR) is 103 cm³/mol. The molecule has 8 heteroatoms. The van der Waals surface area contributed by atoms with Crippen molar-refractivity contribution in [3.63, 3.8) is 0 Å². The van der Waals surface area contributed by atoms with Crippen molar-refractivity contribution in [3.8, 4) is 11.5 Å². The zero-order chi connectivity index (χ0) is 18.8. The van der Waals surface area contributed by atoms with E-state index in [1.165, 1.54) is 0 Å². The van der Waals surface area contributed by atoms with Crippen LogP contribution in [-0.4, -0.2) is 55.8 Å². The molecule has 1 N–H and O–H groups in total. The Morgan fingerprint density at radius 2 is 1.96 bits per heavy atom. The van der Waals surface area contributed by atoms with Crippen LogP contribution in [0, 0.1) is 0 Å². The average Bonchev–Trinajstić information content (AvgIpc) is 3.22. The average molecular weight is 369 g/mol. The van der Waals surface area contributed by atoms with Gasteiger partial charge in [-0.3, -0.25) is 4.79 Å². The first-order chi connectivity index (χ1) is 13.1. The van der Waals surface area contributed by atoms with Gasteiger partial charge in [-0.1, -0.05) is 12.1 Å². The van der Waals surface area contributed by atoms with Crippen molar-refractivity contribution in [3.05, 3.63) is 30.5 Å².